The van der Waals surface area contributed by atoms with Gasteiger partial charge in [0.25, 0.3) is 5.56 Å². The minimum Gasteiger partial charge on any atom is -0.368 e. The van der Waals surface area contributed by atoms with Crippen molar-refractivity contribution >= 4 is 0 Å². The molecule has 0 saturated carbocycles. The molecule has 19 heavy (non-hydrogen) atoms. The first kappa shape index (κ1) is 13.7. The Hall–Kier alpha value is -1.69. The quantitative estimate of drug-likeness (QED) is 0.902. The summed E-state index contributed by atoms with van der Waals surface area (Å²) >= 11 is 0. The molecule has 104 valence electrons. The van der Waals surface area contributed by atoms with Crippen LogP contribution in [0.3, 0.4) is 0 Å². The van der Waals surface area contributed by atoms with Gasteiger partial charge in [-0.15, -0.1) is 0 Å². The van der Waals surface area contributed by atoms with Crippen molar-refractivity contribution in [2.75, 3.05) is 6.61 Å². The molecular weight excluding hydrogens is 251 g/mol. The Morgan fingerprint density at radius 1 is 1.58 bits per heavy atom. The first-order valence-corrected chi connectivity index (χ1v) is 6.21. The van der Waals surface area contributed by atoms with Gasteiger partial charge in [0.2, 0.25) is 0 Å². The van der Waals surface area contributed by atoms with Gasteiger partial charge in [-0.1, -0.05) is 0 Å². The van der Waals surface area contributed by atoms with Crippen molar-refractivity contribution in [2.24, 2.45) is 0 Å². The molecule has 1 aromatic heterocycles. The minimum atomic E-state index is -0.997. The third kappa shape index (κ3) is 2.40. The molecular formula is C13H17FN2O3. The molecule has 1 heterocycles. The molecule has 0 spiro atoms. The average Bonchev–Trinajstić information content (AvgIpc) is 2.61. The molecule has 1 aliphatic rings. The maximum Gasteiger partial charge on any atom is 0.328 e. The number of nitrogens with zero attached hydrogens (tertiary/aromatic N) is 1. The predicted molar refractivity (Wildman–Crippen MR) is 68.9 cm³/mol. The van der Waals surface area contributed by atoms with Crippen LogP contribution in [0.15, 0.2) is 27.7 Å². The summed E-state index contributed by atoms with van der Waals surface area (Å²) in [6.45, 7) is 5.45. The van der Waals surface area contributed by atoms with Gasteiger partial charge in [0.05, 0.1) is 6.04 Å². The standard InChI is InChI=1S/C13H17FN2O3/c1-4-19-13(3)6-9(5-10(13)14)16-7-8(2)11(17)15-12(16)18/h5,7,9H,4,6H2,1-3H3,(H,15,17,18)/t9-,13-/m0/s1. The van der Waals surface area contributed by atoms with Crippen LogP contribution in [0.2, 0.25) is 0 Å². The molecule has 2 atom stereocenters. The van der Waals surface area contributed by atoms with Crippen LogP contribution in [0.5, 0.6) is 0 Å². The topological polar surface area (TPSA) is 64.1 Å². The molecule has 1 aromatic rings. The number of hydrogen-bond donors (Lipinski definition) is 1. The summed E-state index contributed by atoms with van der Waals surface area (Å²) in [4.78, 5) is 25.3. The second-order valence-electron chi connectivity index (χ2n) is 4.93. The average molecular weight is 268 g/mol. The highest BCUT2D eigenvalue weighted by Gasteiger charge is 2.40. The van der Waals surface area contributed by atoms with Crippen molar-refractivity contribution in [3.05, 3.63) is 44.5 Å². The molecule has 1 aliphatic carbocycles. The summed E-state index contributed by atoms with van der Waals surface area (Å²) < 4.78 is 20.7. The SMILES string of the molecule is CCO[C@@]1(C)C[C@@H](n2cc(C)c(=O)[nH]c2=O)C=C1F. The van der Waals surface area contributed by atoms with E-state index in [1.54, 1.807) is 20.8 Å². The van der Waals surface area contributed by atoms with E-state index in [0.29, 0.717) is 18.6 Å². The lowest BCUT2D eigenvalue weighted by atomic mass is 10.0. The molecule has 0 unspecified atom stereocenters. The Kier molecular flexibility index (Phi) is 3.45. The van der Waals surface area contributed by atoms with Gasteiger partial charge in [0, 0.05) is 24.8 Å². The number of halogens is 1. The fourth-order valence-corrected chi connectivity index (χ4v) is 2.36. The second-order valence-corrected chi connectivity index (χ2v) is 4.93. The van der Waals surface area contributed by atoms with Gasteiger partial charge in [0.15, 0.2) is 0 Å². The van der Waals surface area contributed by atoms with Crippen LogP contribution in [0.25, 0.3) is 0 Å². The van der Waals surface area contributed by atoms with E-state index in [1.165, 1.54) is 16.8 Å². The van der Waals surface area contributed by atoms with E-state index in [-0.39, 0.29) is 5.83 Å². The largest absolute Gasteiger partial charge is 0.368 e. The van der Waals surface area contributed by atoms with Gasteiger partial charge in [-0.05, 0) is 26.8 Å². The van der Waals surface area contributed by atoms with Gasteiger partial charge >= 0.3 is 5.69 Å². The lowest BCUT2D eigenvalue weighted by Gasteiger charge is -2.25. The number of aromatic nitrogens is 2. The zero-order valence-corrected chi connectivity index (χ0v) is 11.2. The molecule has 0 fully saturated rings. The molecule has 0 amide bonds. The summed E-state index contributed by atoms with van der Waals surface area (Å²) in [5.74, 6) is -0.380. The Bertz CT molecular complexity index is 632. The number of aromatic amines is 1. The number of H-pyrrole nitrogens is 1. The molecule has 0 saturated heterocycles. The molecule has 6 heteroatoms. The maximum absolute atomic E-state index is 14.0. The summed E-state index contributed by atoms with van der Waals surface area (Å²) in [6.07, 6.45) is 3.15. The van der Waals surface area contributed by atoms with E-state index < -0.39 is 22.9 Å². The van der Waals surface area contributed by atoms with E-state index in [4.69, 9.17) is 4.74 Å². The first-order chi connectivity index (χ1) is 8.87. The lowest BCUT2D eigenvalue weighted by molar-refractivity contribution is -0.0137. The fourth-order valence-electron chi connectivity index (χ4n) is 2.36. The van der Waals surface area contributed by atoms with Crippen molar-refractivity contribution in [2.45, 2.75) is 38.8 Å². The lowest BCUT2D eigenvalue weighted by Crippen LogP contribution is -2.34. The Labute approximate surface area is 109 Å². The molecule has 0 bridgehead atoms. The van der Waals surface area contributed by atoms with Gasteiger partial charge in [-0.3, -0.25) is 14.3 Å². The summed E-state index contributed by atoms with van der Waals surface area (Å²) in [6, 6.07) is -0.445. The van der Waals surface area contributed by atoms with Crippen LogP contribution in [0, 0.1) is 6.92 Å². The Morgan fingerprint density at radius 3 is 2.89 bits per heavy atom. The fraction of sp³-hybridized carbons (Fsp3) is 0.538. The number of aryl methyl sites for hydroxylation is 1. The van der Waals surface area contributed by atoms with Crippen molar-refractivity contribution in [1.82, 2.24) is 9.55 Å². The molecule has 2 rings (SSSR count). The predicted octanol–water partition coefficient (Wildman–Crippen LogP) is 1.44. The number of hydrogen-bond acceptors (Lipinski definition) is 3. The zero-order valence-electron chi connectivity index (χ0n) is 11.2. The number of rotatable bonds is 3. The monoisotopic (exact) mass is 268 g/mol. The summed E-state index contributed by atoms with van der Waals surface area (Å²) in [5.41, 5.74) is -1.54. The Morgan fingerprint density at radius 2 is 2.26 bits per heavy atom. The van der Waals surface area contributed by atoms with Gasteiger partial charge in [0.1, 0.15) is 11.4 Å². The number of nitrogens with one attached hydrogen (secondary N) is 1. The highest BCUT2D eigenvalue weighted by Crippen LogP contribution is 2.39. The molecule has 5 nitrogen and oxygen atoms in total. The van der Waals surface area contributed by atoms with Crippen molar-refractivity contribution < 1.29 is 9.13 Å². The van der Waals surface area contributed by atoms with Gasteiger partial charge in [-0.25, -0.2) is 9.18 Å². The summed E-state index contributed by atoms with van der Waals surface area (Å²) in [5, 5.41) is 0. The van der Waals surface area contributed by atoms with E-state index in [9.17, 15) is 14.0 Å². The van der Waals surface area contributed by atoms with Crippen LogP contribution in [-0.4, -0.2) is 21.8 Å². The zero-order chi connectivity index (χ0) is 14.2. The van der Waals surface area contributed by atoms with Crippen LogP contribution >= 0.6 is 0 Å². The van der Waals surface area contributed by atoms with E-state index in [1.807, 2.05) is 0 Å². The third-order valence-corrected chi connectivity index (χ3v) is 3.41. The molecule has 1 N–H and O–H groups in total. The normalized spacial score (nSPS) is 26.5. The van der Waals surface area contributed by atoms with Crippen molar-refractivity contribution in [1.29, 1.82) is 0 Å². The first-order valence-electron chi connectivity index (χ1n) is 6.21. The van der Waals surface area contributed by atoms with Crippen LogP contribution in [0.4, 0.5) is 4.39 Å². The highest BCUT2D eigenvalue weighted by molar-refractivity contribution is 5.20. The van der Waals surface area contributed by atoms with Crippen LogP contribution < -0.4 is 11.2 Å². The number of ether oxygens (including phenoxy) is 1. The minimum absolute atomic E-state index is 0.331. The number of allylic oxidation sites excluding steroid dienone is 1. The summed E-state index contributed by atoms with van der Waals surface area (Å²) in [7, 11) is 0. The highest BCUT2D eigenvalue weighted by atomic mass is 19.1. The van der Waals surface area contributed by atoms with Crippen molar-refractivity contribution in [3.63, 3.8) is 0 Å². The second kappa shape index (κ2) is 4.77. The van der Waals surface area contributed by atoms with E-state index in [0.717, 1.165) is 0 Å². The van der Waals surface area contributed by atoms with Gasteiger partial charge in [-0.2, -0.15) is 0 Å². The van der Waals surface area contributed by atoms with Crippen LogP contribution in [-0.2, 0) is 4.74 Å². The van der Waals surface area contributed by atoms with E-state index >= 15 is 0 Å². The van der Waals surface area contributed by atoms with E-state index in [2.05, 4.69) is 4.98 Å². The third-order valence-electron chi connectivity index (χ3n) is 3.41. The molecule has 0 aliphatic heterocycles. The van der Waals surface area contributed by atoms with Crippen molar-refractivity contribution in [3.8, 4) is 0 Å². The van der Waals surface area contributed by atoms with Crippen LogP contribution in [0.1, 0.15) is 31.9 Å². The molecule has 0 aromatic carbocycles. The van der Waals surface area contributed by atoms with Gasteiger partial charge < -0.3 is 4.74 Å². The smallest absolute Gasteiger partial charge is 0.328 e. The molecule has 0 radical (unpaired) electrons. The Balaban J connectivity index is 2.39. The maximum atomic E-state index is 14.0.